The predicted molar refractivity (Wildman–Crippen MR) is 95.3 cm³/mol. The number of nitrogens with zero attached hydrogens (tertiary/aromatic N) is 2. The Morgan fingerprint density at radius 1 is 1.04 bits per heavy atom. The van der Waals surface area contributed by atoms with Crippen molar-refractivity contribution in [2.75, 3.05) is 4.90 Å². The maximum Gasteiger partial charge on any atom is 0.258 e. The molecule has 2 N–H and O–H groups in total. The van der Waals surface area contributed by atoms with Crippen molar-refractivity contribution in [3.05, 3.63) is 72.1 Å². The standard InChI is InChI=1S/C19H14N4O3/c24-17-8-9-18(25)23(17)13-5-3-4-12(10-13)19(26)20-11-16-21-14-6-1-2-7-15(14)22-16/h1-10H,11H2,(H,20,26)(H,21,22). The number of aromatic amines is 1. The lowest BCUT2D eigenvalue weighted by Crippen LogP contribution is -2.30. The van der Waals surface area contributed by atoms with E-state index in [1.54, 1.807) is 18.2 Å². The first-order chi connectivity index (χ1) is 12.6. The quantitative estimate of drug-likeness (QED) is 0.706. The van der Waals surface area contributed by atoms with Crippen molar-refractivity contribution in [3.63, 3.8) is 0 Å². The van der Waals surface area contributed by atoms with Gasteiger partial charge in [-0.1, -0.05) is 18.2 Å². The summed E-state index contributed by atoms with van der Waals surface area (Å²) in [5, 5.41) is 2.78. The maximum absolute atomic E-state index is 12.4. The second-order valence-electron chi connectivity index (χ2n) is 5.78. The molecule has 0 fully saturated rings. The number of amides is 3. The fourth-order valence-corrected chi connectivity index (χ4v) is 2.80. The largest absolute Gasteiger partial charge is 0.345 e. The van der Waals surface area contributed by atoms with Crippen molar-refractivity contribution in [2.24, 2.45) is 0 Å². The van der Waals surface area contributed by atoms with E-state index in [-0.39, 0.29) is 12.5 Å². The van der Waals surface area contributed by atoms with Gasteiger partial charge in [0.05, 0.1) is 23.3 Å². The van der Waals surface area contributed by atoms with E-state index < -0.39 is 11.8 Å². The Balaban J connectivity index is 1.49. The van der Waals surface area contributed by atoms with Gasteiger partial charge in [0, 0.05) is 17.7 Å². The van der Waals surface area contributed by atoms with Crippen molar-refractivity contribution in [2.45, 2.75) is 6.54 Å². The molecule has 0 bridgehead atoms. The molecule has 0 unspecified atom stereocenters. The van der Waals surface area contributed by atoms with Gasteiger partial charge < -0.3 is 10.3 Å². The fourth-order valence-electron chi connectivity index (χ4n) is 2.80. The van der Waals surface area contributed by atoms with Crippen LogP contribution in [0, 0.1) is 0 Å². The zero-order valence-electron chi connectivity index (χ0n) is 13.6. The normalized spacial score (nSPS) is 13.6. The Kier molecular flexibility index (Phi) is 3.81. The van der Waals surface area contributed by atoms with Crippen molar-refractivity contribution < 1.29 is 14.4 Å². The number of carbonyl (C=O) groups excluding carboxylic acids is 3. The molecule has 0 spiro atoms. The third-order valence-electron chi connectivity index (χ3n) is 4.03. The van der Waals surface area contributed by atoms with E-state index in [2.05, 4.69) is 15.3 Å². The zero-order valence-corrected chi connectivity index (χ0v) is 13.6. The van der Waals surface area contributed by atoms with Crippen molar-refractivity contribution in [3.8, 4) is 0 Å². The Morgan fingerprint density at radius 2 is 1.81 bits per heavy atom. The van der Waals surface area contributed by atoms with Crippen LogP contribution in [-0.4, -0.2) is 27.7 Å². The molecule has 0 aliphatic carbocycles. The second kappa shape index (κ2) is 6.29. The summed E-state index contributed by atoms with van der Waals surface area (Å²) < 4.78 is 0. The van der Waals surface area contributed by atoms with Crippen LogP contribution in [0.25, 0.3) is 11.0 Å². The molecule has 7 heteroatoms. The summed E-state index contributed by atoms with van der Waals surface area (Å²) in [6, 6.07) is 14.0. The lowest BCUT2D eigenvalue weighted by Gasteiger charge is -2.14. The summed E-state index contributed by atoms with van der Waals surface area (Å²) in [5.41, 5.74) is 2.45. The molecule has 0 radical (unpaired) electrons. The summed E-state index contributed by atoms with van der Waals surface area (Å²) in [6.07, 6.45) is 2.41. The van der Waals surface area contributed by atoms with Gasteiger partial charge in [-0.05, 0) is 30.3 Å². The monoisotopic (exact) mass is 346 g/mol. The third-order valence-corrected chi connectivity index (χ3v) is 4.03. The molecule has 7 nitrogen and oxygen atoms in total. The fraction of sp³-hybridized carbons (Fsp3) is 0.0526. The van der Waals surface area contributed by atoms with Crippen LogP contribution < -0.4 is 10.2 Å². The molecule has 2 heterocycles. The Morgan fingerprint density at radius 3 is 2.58 bits per heavy atom. The molecule has 4 rings (SSSR count). The zero-order chi connectivity index (χ0) is 18.1. The average Bonchev–Trinajstić information content (AvgIpc) is 3.22. The highest BCUT2D eigenvalue weighted by Crippen LogP contribution is 2.20. The van der Waals surface area contributed by atoms with Gasteiger partial charge in [-0.25, -0.2) is 9.88 Å². The number of aromatic nitrogens is 2. The van der Waals surface area contributed by atoms with Crippen LogP contribution in [0.3, 0.4) is 0 Å². The third kappa shape index (κ3) is 2.86. The van der Waals surface area contributed by atoms with Gasteiger partial charge in [0.25, 0.3) is 17.7 Å². The highest BCUT2D eigenvalue weighted by molar-refractivity contribution is 6.28. The van der Waals surface area contributed by atoms with E-state index in [0.717, 1.165) is 15.9 Å². The number of nitrogens with one attached hydrogen (secondary N) is 2. The van der Waals surface area contributed by atoms with Gasteiger partial charge in [-0.2, -0.15) is 0 Å². The van der Waals surface area contributed by atoms with Gasteiger partial charge in [-0.15, -0.1) is 0 Å². The van der Waals surface area contributed by atoms with E-state index >= 15 is 0 Å². The molecule has 2 aromatic carbocycles. The highest BCUT2D eigenvalue weighted by atomic mass is 16.2. The lowest BCUT2D eigenvalue weighted by atomic mass is 10.1. The van der Waals surface area contributed by atoms with Crippen LogP contribution >= 0.6 is 0 Å². The molecular formula is C19H14N4O3. The van der Waals surface area contributed by atoms with Crippen LogP contribution in [0.4, 0.5) is 5.69 Å². The Hall–Kier alpha value is -3.74. The van der Waals surface area contributed by atoms with Gasteiger partial charge in [0.2, 0.25) is 0 Å². The van der Waals surface area contributed by atoms with E-state index in [9.17, 15) is 14.4 Å². The van der Waals surface area contributed by atoms with Crippen LogP contribution in [-0.2, 0) is 16.1 Å². The first kappa shape index (κ1) is 15.8. The van der Waals surface area contributed by atoms with E-state index in [1.807, 2.05) is 24.3 Å². The smallest absolute Gasteiger partial charge is 0.258 e. The summed E-state index contributed by atoms with van der Waals surface area (Å²) in [5.74, 6) is -0.520. The van der Waals surface area contributed by atoms with E-state index in [4.69, 9.17) is 0 Å². The van der Waals surface area contributed by atoms with Crippen molar-refractivity contribution in [1.82, 2.24) is 15.3 Å². The molecular weight excluding hydrogens is 332 g/mol. The number of anilines is 1. The average molecular weight is 346 g/mol. The van der Waals surface area contributed by atoms with Crippen LogP contribution in [0.5, 0.6) is 0 Å². The second-order valence-corrected chi connectivity index (χ2v) is 5.78. The summed E-state index contributed by atoms with van der Waals surface area (Å²) >= 11 is 0. The number of imidazole rings is 1. The van der Waals surface area contributed by atoms with E-state index in [0.29, 0.717) is 17.1 Å². The van der Waals surface area contributed by atoms with Gasteiger partial charge in [0.1, 0.15) is 5.82 Å². The molecule has 0 saturated carbocycles. The number of para-hydroxylation sites is 2. The number of H-pyrrole nitrogens is 1. The maximum atomic E-state index is 12.4. The summed E-state index contributed by atoms with van der Waals surface area (Å²) in [6.45, 7) is 0.237. The van der Waals surface area contributed by atoms with Crippen molar-refractivity contribution >= 4 is 34.4 Å². The topological polar surface area (TPSA) is 95.2 Å². The minimum absolute atomic E-state index is 0.237. The summed E-state index contributed by atoms with van der Waals surface area (Å²) in [7, 11) is 0. The molecule has 26 heavy (non-hydrogen) atoms. The number of carbonyl (C=O) groups is 3. The molecule has 1 aromatic heterocycles. The first-order valence-corrected chi connectivity index (χ1v) is 8.00. The van der Waals surface area contributed by atoms with Crippen molar-refractivity contribution in [1.29, 1.82) is 0 Å². The van der Waals surface area contributed by atoms with Crippen LogP contribution in [0.1, 0.15) is 16.2 Å². The molecule has 3 aromatic rings. The molecule has 1 aliphatic rings. The van der Waals surface area contributed by atoms with E-state index in [1.165, 1.54) is 18.2 Å². The number of benzene rings is 2. The number of hydrogen-bond acceptors (Lipinski definition) is 4. The SMILES string of the molecule is O=C(NCc1nc2ccccc2[nH]1)c1cccc(N2C(=O)C=CC2=O)c1. The van der Waals surface area contributed by atoms with Gasteiger partial charge >= 0.3 is 0 Å². The number of fused-ring (bicyclic) bond motifs is 1. The molecule has 0 saturated heterocycles. The minimum Gasteiger partial charge on any atom is -0.345 e. The van der Waals surface area contributed by atoms with Gasteiger partial charge in [0.15, 0.2) is 0 Å². The lowest BCUT2D eigenvalue weighted by molar-refractivity contribution is -0.119. The van der Waals surface area contributed by atoms with Crippen LogP contribution in [0.15, 0.2) is 60.7 Å². The molecule has 0 atom stereocenters. The number of rotatable bonds is 4. The van der Waals surface area contributed by atoms with Gasteiger partial charge in [-0.3, -0.25) is 14.4 Å². The molecule has 128 valence electrons. The minimum atomic E-state index is -0.421. The number of hydrogen-bond donors (Lipinski definition) is 2. The summed E-state index contributed by atoms with van der Waals surface area (Å²) in [4.78, 5) is 44.5. The first-order valence-electron chi connectivity index (χ1n) is 8.00. The predicted octanol–water partition coefficient (Wildman–Crippen LogP) is 1.92. The molecule has 1 aliphatic heterocycles. The number of imide groups is 1. The Bertz CT molecular complexity index is 1020. The van der Waals surface area contributed by atoms with Crippen LogP contribution in [0.2, 0.25) is 0 Å². The highest BCUT2D eigenvalue weighted by Gasteiger charge is 2.25. The molecule has 3 amide bonds. The Labute approximate surface area is 148 Å².